The van der Waals surface area contributed by atoms with Crippen molar-refractivity contribution in [1.29, 1.82) is 0 Å². The van der Waals surface area contributed by atoms with Crippen molar-refractivity contribution in [2.75, 3.05) is 0 Å². The summed E-state index contributed by atoms with van der Waals surface area (Å²) >= 11 is 0. The third kappa shape index (κ3) is 0.518. The molecule has 3 aliphatic rings. The van der Waals surface area contributed by atoms with E-state index in [-0.39, 0.29) is 0 Å². The van der Waals surface area contributed by atoms with Crippen LogP contribution in [0.4, 0.5) is 0 Å². The molecule has 0 N–H and O–H groups in total. The molecular weight excluding hydrogens is 120 g/mol. The van der Waals surface area contributed by atoms with Gasteiger partial charge in [-0.1, -0.05) is 24.3 Å². The summed E-state index contributed by atoms with van der Waals surface area (Å²) in [4.78, 5) is 0. The smallest absolute Gasteiger partial charge is 0.00500 e. The first-order chi connectivity index (χ1) is 4.93. The van der Waals surface area contributed by atoms with E-state index in [0.29, 0.717) is 0 Å². The van der Waals surface area contributed by atoms with Crippen LogP contribution in [0.3, 0.4) is 0 Å². The van der Waals surface area contributed by atoms with Crippen LogP contribution in [0.1, 0.15) is 6.42 Å². The second-order valence-corrected chi connectivity index (χ2v) is 3.33. The van der Waals surface area contributed by atoms with Gasteiger partial charge in [0.1, 0.15) is 0 Å². The molecule has 0 saturated heterocycles. The van der Waals surface area contributed by atoms with Crippen LogP contribution >= 0.6 is 0 Å². The van der Waals surface area contributed by atoms with Crippen LogP contribution < -0.4 is 0 Å². The monoisotopic (exact) mass is 129 g/mol. The van der Waals surface area contributed by atoms with E-state index in [2.05, 4.69) is 30.7 Å². The van der Waals surface area contributed by atoms with E-state index in [1.165, 1.54) is 17.6 Å². The van der Waals surface area contributed by atoms with Crippen LogP contribution in [0.15, 0.2) is 35.5 Å². The van der Waals surface area contributed by atoms with Gasteiger partial charge in [-0.2, -0.15) is 0 Å². The Bertz CT molecular complexity index is 266. The maximum atomic E-state index is 2.42. The minimum Gasteiger partial charge on any atom is -0.0735 e. The highest BCUT2D eigenvalue weighted by Gasteiger charge is 2.39. The van der Waals surface area contributed by atoms with Gasteiger partial charge >= 0.3 is 0 Å². The van der Waals surface area contributed by atoms with Crippen LogP contribution in [0.2, 0.25) is 0 Å². The highest BCUT2D eigenvalue weighted by atomic mass is 14.4. The molecule has 0 spiro atoms. The SMILES string of the molecule is [CH]1C2=CC=CC2=CC2CC12. The molecule has 1 fully saturated rings. The van der Waals surface area contributed by atoms with Gasteiger partial charge < -0.3 is 0 Å². The van der Waals surface area contributed by atoms with Gasteiger partial charge in [0, 0.05) is 0 Å². The largest absolute Gasteiger partial charge is 0.0735 e. The lowest BCUT2D eigenvalue weighted by atomic mass is 9.96. The molecule has 0 heteroatoms. The fraction of sp³-hybridized carbons (Fsp3) is 0.300. The van der Waals surface area contributed by atoms with Gasteiger partial charge in [0.05, 0.1) is 0 Å². The Kier molecular flexibility index (Phi) is 0.715. The van der Waals surface area contributed by atoms with E-state index in [9.17, 15) is 0 Å². The van der Waals surface area contributed by atoms with Crippen LogP contribution in [-0.4, -0.2) is 0 Å². The predicted octanol–water partition coefficient (Wildman–Crippen LogP) is 2.26. The van der Waals surface area contributed by atoms with Crippen LogP contribution in [0.25, 0.3) is 0 Å². The molecule has 10 heavy (non-hydrogen) atoms. The third-order valence-electron chi connectivity index (χ3n) is 2.56. The molecular formula is C10H9. The molecule has 0 amide bonds. The first kappa shape index (κ1) is 4.95. The molecule has 0 bridgehead atoms. The van der Waals surface area contributed by atoms with E-state index in [4.69, 9.17) is 0 Å². The average molecular weight is 129 g/mol. The number of allylic oxidation sites excluding steroid dienone is 6. The first-order valence-electron chi connectivity index (χ1n) is 3.89. The number of hydrogen-bond acceptors (Lipinski definition) is 0. The van der Waals surface area contributed by atoms with E-state index in [0.717, 1.165) is 11.8 Å². The molecule has 1 radical (unpaired) electrons. The summed E-state index contributed by atoms with van der Waals surface area (Å²) in [7, 11) is 0. The molecule has 0 heterocycles. The molecule has 3 aliphatic carbocycles. The van der Waals surface area contributed by atoms with Crippen molar-refractivity contribution >= 4 is 0 Å². The number of rotatable bonds is 0. The summed E-state index contributed by atoms with van der Waals surface area (Å²) in [5, 5.41) is 0. The van der Waals surface area contributed by atoms with Gasteiger partial charge in [0.15, 0.2) is 0 Å². The van der Waals surface area contributed by atoms with Crippen molar-refractivity contribution in [2.45, 2.75) is 6.42 Å². The second kappa shape index (κ2) is 1.45. The second-order valence-electron chi connectivity index (χ2n) is 3.33. The normalized spacial score (nSPS) is 40.0. The molecule has 2 atom stereocenters. The molecule has 0 aromatic rings. The molecule has 49 valence electrons. The van der Waals surface area contributed by atoms with Crippen molar-refractivity contribution in [2.24, 2.45) is 11.8 Å². The van der Waals surface area contributed by atoms with E-state index in [1.54, 1.807) is 0 Å². The van der Waals surface area contributed by atoms with Gasteiger partial charge in [-0.3, -0.25) is 0 Å². The van der Waals surface area contributed by atoms with Crippen molar-refractivity contribution in [3.8, 4) is 0 Å². The summed E-state index contributed by atoms with van der Waals surface area (Å²) in [5.74, 6) is 1.80. The zero-order chi connectivity index (χ0) is 6.55. The summed E-state index contributed by atoms with van der Waals surface area (Å²) in [6, 6.07) is 0. The summed E-state index contributed by atoms with van der Waals surface area (Å²) < 4.78 is 0. The molecule has 3 rings (SSSR count). The fourth-order valence-corrected chi connectivity index (χ4v) is 1.83. The highest BCUT2D eigenvalue weighted by Crippen LogP contribution is 2.50. The van der Waals surface area contributed by atoms with E-state index >= 15 is 0 Å². The molecule has 0 aromatic heterocycles. The summed E-state index contributed by atoms with van der Waals surface area (Å²) in [6.45, 7) is 0. The van der Waals surface area contributed by atoms with Gasteiger partial charge in [-0.05, 0) is 35.8 Å². The Labute approximate surface area is 60.9 Å². The van der Waals surface area contributed by atoms with Crippen LogP contribution in [0.5, 0.6) is 0 Å². The lowest BCUT2D eigenvalue weighted by molar-refractivity contribution is 0.902. The number of hydrogen-bond donors (Lipinski definition) is 0. The minimum absolute atomic E-state index is 0.898. The zero-order valence-corrected chi connectivity index (χ0v) is 5.75. The predicted molar refractivity (Wildman–Crippen MR) is 41.2 cm³/mol. The van der Waals surface area contributed by atoms with E-state index in [1.807, 2.05) is 0 Å². The summed E-state index contributed by atoms with van der Waals surface area (Å²) in [6.07, 6.45) is 12.8. The summed E-state index contributed by atoms with van der Waals surface area (Å²) in [5.41, 5.74) is 2.91. The van der Waals surface area contributed by atoms with Gasteiger partial charge in [-0.25, -0.2) is 0 Å². The Morgan fingerprint density at radius 2 is 2.20 bits per heavy atom. The van der Waals surface area contributed by atoms with Gasteiger partial charge in [0.25, 0.3) is 0 Å². The molecule has 0 aromatic carbocycles. The van der Waals surface area contributed by atoms with E-state index < -0.39 is 0 Å². The highest BCUT2D eigenvalue weighted by molar-refractivity contribution is 5.56. The Morgan fingerprint density at radius 3 is 3.20 bits per heavy atom. The maximum absolute atomic E-state index is 2.42. The van der Waals surface area contributed by atoms with Crippen LogP contribution in [-0.2, 0) is 0 Å². The minimum atomic E-state index is 0.898. The van der Waals surface area contributed by atoms with Gasteiger partial charge in [0.2, 0.25) is 0 Å². The lowest BCUT2D eigenvalue weighted by Gasteiger charge is -2.08. The molecule has 1 saturated carbocycles. The average Bonchev–Trinajstić information content (AvgIpc) is 2.52. The van der Waals surface area contributed by atoms with Crippen molar-refractivity contribution in [3.63, 3.8) is 0 Å². The molecule has 0 aliphatic heterocycles. The molecule has 0 nitrogen and oxygen atoms in total. The van der Waals surface area contributed by atoms with Crippen molar-refractivity contribution < 1.29 is 0 Å². The topological polar surface area (TPSA) is 0 Å². The quantitative estimate of drug-likeness (QED) is 0.470. The standard InChI is InChI=1S/C10H9/c1-2-7-4-9-6-10(9)5-8(7)3-1/h1-5,9-10H,6H2. The molecule has 2 unspecified atom stereocenters. The Morgan fingerprint density at radius 1 is 1.20 bits per heavy atom. The van der Waals surface area contributed by atoms with Crippen molar-refractivity contribution in [3.05, 3.63) is 41.9 Å². The fourth-order valence-electron chi connectivity index (χ4n) is 1.83. The Balaban J connectivity index is 2.10. The third-order valence-corrected chi connectivity index (χ3v) is 2.56. The maximum Gasteiger partial charge on any atom is -0.00500 e. The Hall–Kier alpha value is -0.780. The zero-order valence-electron chi connectivity index (χ0n) is 5.75. The number of fused-ring (bicyclic) bond motifs is 2. The van der Waals surface area contributed by atoms with Crippen molar-refractivity contribution in [1.82, 2.24) is 0 Å². The van der Waals surface area contributed by atoms with Crippen LogP contribution in [0, 0.1) is 18.3 Å². The first-order valence-corrected chi connectivity index (χ1v) is 3.89. The lowest BCUT2D eigenvalue weighted by Crippen LogP contribution is -1.95. The van der Waals surface area contributed by atoms with Gasteiger partial charge in [-0.15, -0.1) is 0 Å².